The first-order valence-corrected chi connectivity index (χ1v) is 7.24. The molecule has 0 saturated carbocycles. The van der Waals surface area contributed by atoms with Crippen molar-refractivity contribution in [2.24, 2.45) is 0 Å². The summed E-state index contributed by atoms with van der Waals surface area (Å²) in [5.74, 6) is 0. The molecule has 2 aromatic rings. The van der Waals surface area contributed by atoms with Crippen molar-refractivity contribution in [3.8, 4) is 5.69 Å². The summed E-state index contributed by atoms with van der Waals surface area (Å²) in [6.07, 6.45) is 0. The van der Waals surface area contributed by atoms with Crippen molar-refractivity contribution in [1.82, 2.24) is 4.57 Å². The third-order valence-corrected chi connectivity index (χ3v) is 4.37. The average Bonchev–Trinajstić information content (AvgIpc) is 2.72. The van der Waals surface area contributed by atoms with Crippen molar-refractivity contribution < 1.29 is 4.74 Å². The molecule has 1 aromatic heterocycles. The maximum atomic E-state index is 6.29. The lowest BCUT2D eigenvalue weighted by atomic mass is 9.91. The van der Waals surface area contributed by atoms with Gasteiger partial charge in [-0.15, -0.1) is 0 Å². The van der Waals surface area contributed by atoms with Gasteiger partial charge in [-0.2, -0.15) is 0 Å². The topological polar surface area (TPSA) is 14.2 Å². The fourth-order valence-corrected chi connectivity index (χ4v) is 4.01. The van der Waals surface area contributed by atoms with E-state index in [-0.39, 0.29) is 11.2 Å². The Labute approximate surface area is 121 Å². The van der Waals surface area contributed by atoms with E-state index < -0.39 is 0 Å². The van der Waals surface area contributed by atoms with Crippen LogP contribution in [0.4, 0.5) is 0 Å². The van der Waals surface area contributed by atoms with Crippen LogP contribution in [0.5, 0.6) is 0 Å². The van der Waals surface area contributed by atoms with Crippen molar-refractivity contribution in [2.75, 3.05) is 0 Å². The summed E-state index contributed by atoms with van der Waals surface area (Å²) in [6.45, 7) is 13.1. The number of para-hydroxylation sites is 1. The van der Waals surface area contributed by atoms with Gasteiger partial charge in [-0.05, 0) is 53.7 Å². The van der Waals surface area contributed by atoms with Crippen LogP contribution >= 0.6 is 0 Å². The lowest BCUT2D eigenvalue weighted by Crippen LogP contribution is -2.25. The number of rotatable bonds is 1. The van der Waals surface area contributed by atoms with Crippen LogP contribution < -0.4 is 0 Å². The normalized spacial score (nSPS) is 19.1. The maximum Gasteiger partial charge on any atom is 0.0908 e. The monoisotopic (exact) mass is 269 g/mol. The Bertz CT molecular complexity index is 625. The quantitative estimate of drug-likeness (QED) is 0.738. The van der Waals surface area contributed by atoms with Crippen LogP contribution in [0.3, 0.4) is 0 Å². The van der Waals surface area contributed by atoms with E-state index in [4.69, 9.17) is 4.74 Å². The molecule has 2 nitrogen and oxygen atoms in total. The number of nitrogens with zero attached hydrogens (tertiary/aromatic N) is 1. The van der Waals surface area contributed by atoms with E-state index in [0.29, 0.717) is 0 Å². The molecule has 3 rings (SSSR count). The Morgan fingerprint density at radius 2 is 1.25 bits per heavy atom. The van der Waals surface area contributed by atoms with Gasteiger partial charge in [0.1, 0.15) is 0 Å². The first-order chi connectivity index (χ1) is 9.26. The van der Waals surface area contributed by atoms with Crippen molar-refractivity contribution in [2.45, 2.75) is 52.7 Å². The van der Waals surface area contributed by atoms with E-state index in [9.17, 15) is 0 Å². The Balaban J connectivity index is 2.33. The molecule has 0 bridgehead atoms. The predicted octanol–water partition coefficient (Wildman–Crippen LogP) is 4.59. The second kappa shape index (κ2) is 3.98. The van der Waals surface area contributed by atoms with Gasteiger partial charge in [0.05, 0.1) is 11.2 Å². The first-order valence-electron chi connectivity index (χ1n) is 7.24. The van der Waals surface area contributed by atoms with Crippen LogP contribution in [0.1, 0.15) is 50.2 Å². The lowest BCUT2D eigenvalue weighted by molar-refractivity contribution is -0.106. The summed E-state index contributed by atoms with van der Waals surface area (Å²) in [4.78, 5) is 0. The highest BCUT2D eigenvalue weighted by Gasteiger charge is 2.47. The molecule has 0 radical (unpaired) electrons. The molecule has 0 saturated heterocycles. The van der Waals surface area contributed by atoms with Crippen LogP contribution in [-0.2, 0) is 15.9 Å². The standard InChI is InChI=1S/C18H23NO/c1-12-15-16(18(5,6)20-17(15,3)4)13(2)19(12)14-10-8-7-9-11-14/h7-11H,1-6H3. The molecule has 0 spiro atoms. The molecule has 2 heterocycles. The molecule has 0 atom stereocenters. The molecular formula is C18H23NO. The van der Waals surface area contributed by atoms with E-state index >= 15 is 0 Å². The molecule has 20 heavy (non-hydrogen) atoms. The second-order valence-electron chi connectivity index (χ2n) is 6.71. The molecule has 0 amide bonds. The highest BCUT2D eigenvalue weighted by Crippen LogP contribution is 2.50. The van der Waals surface area contributed by atoms with Crippen molar-refractivity contribution >= 4 is 0 Å². The van der Waals surface area contributed by atoms with E-state index in [1.165, 1.54) is 28.2 Å². The van der Waals surface area contributed by atoms with E-state index in [1.807, 2.05) is 0 Å². The van der Waals surface area contributed by atoms with Gasteiger partial charge < -0.3 is 9.30 Å². The van der Waals surface area contributed by atoms with Gasteiger partial charge in [-0.3, -0.25) is 0 Å². The highest BCUT2D eigenvalue weighted by atomic mass is 16.5. The van der Waals surface area contributed by atoms with Gasteiger partial charge in [-0.25, -0.2) is 0 Å². The Hall–Kier alpha value is -1.54. The minimum absolute atomic E-state index is 0.228. The third kappa shape index (κ3) is 1.68. The smallest absolute Gasteiger partial charge is 0.0908 e. The summed E-state index contributed by atoms with van der Waals surface area (Å²) in [7, 11) is 0. The fraction of sp³-hybridized carbons (Fsp3) is 0.444. The van der Waals surface area contributed by atoms with Crippen LogP contribution in [0.25, 0.3) is 5.69 Å². The predicted molar refractivity (Wildman–Crippen MR) is 82.4 cm³/mol. The molecule has 1 aliphatic heterocycles. The number of hydrogen-bond acceptors (Lipinski definition) is 1. The maximum absolute atomic E-state index is 6.29. The van der Waals surface area contributed by atoms with Crippen LogP contribution in [0, 0.1) is 13.8 Å². The van der Waals surface area contributed by atoms with Crippen molar-refractivity contribution in [1.29, 1.82) is 0 Å². The minimum atomic E-state index is -0.228. The van der Waals surface area contributed by atoms with Gasteiger partial charge in [0.2, 0.25) is 0 Å². The number of ether oxygens (including phenoxy) is 1. The first kappa shape index (κ1) is 13.4. The highest BCUT2D eigenvalue weighted by molar-refractivity contribution is 5.52. The zero-order chi connectivity index (χ0) is 14.7. The van der Waals surface area contributed by atoms with Crippen LogP contribution in [0.15, 0.2) is 30.3 Å². The van der Waals surface area contributed by atoms with Crippen LogP contribution in [0.2, 0.25) is 0 Å². The Morgan fingerprint density at radius 1 is 0.800 bits per heavy atom. The molecule has 1 aliphatic rings. The van der Waals surface area contributed by atoms with E-state index in [0.717, 1.165) is 0 Å². The number of aromatic nitrogens is 1. The Morgan fingerprint density at radius 3 is 1.70 bits per heavy atom. The molecule has 2 heteroatoms. The fourth-order valence-electron chi connectivity index (χ4n) is 4.01. The zero-order valence-electron chi connectivity index (χ0n) is 13.2. The summed E-state index contributed by atoms with van der Waals surface area (Å²) in [5.41, 5.74) is 6.05. The number of fused-ring (bicyclic) bond motifs is 1. The van der Waals surface area contributed by atoms with Crippen molar-refractivity contribution in [3.63, 3.8) is 0 Å². The van der Waals surface area contributed by atoms with Crippen LogP contribution in [-0.4, -0.2) is 4.57 Å². The second-order valence-corrected chi connectivity index (χ2v) is 6.71. The molecule has 1 aromatic carbocycles. The molecule has 0 aliphatic carbocycles. The summed E-state index contributed by atoms with van der Waals surface area (Å²) in [5, 5.41) is 0. The lowest BCUT2D eigenvalue weighted by Gasteiger charge is -2.27. The third-order valence-electron chi connectivity index (χ3n) is 4.37. The van der Waals surface area contributed by atoms with Gasteiger partial charge in [0, 0.05) is 28.2 Å². The van der Waals surface area contributed by atoms with Gasteiger partial charge >= 0.3 is 0 Å². The van der Waals surface area contributed by atoms with Gasteiger partial charge in [-0.1, -0.05) is 18.2 Å². The average molecular weight is 269 g/mol. The van der Waals surface area contributed by atoms with Crippen molar-refractivity contribution in [3.05, 3.63) is 52.8 Å². The van der Waals surface area contributed by atoms with Gasteiger partial charge in [0.25, 0.3) is 0 Å². The number of benzene rings is 1. The summed E-state index contributed by atoms with van der Waals surface area (Å²) in [6, 6.07) is 10.6. The Kier molecular flexibility index (Phi) is 2.68. The minimum Gasteiger partial charge on any atom is -0.360 e. The zero-order valence-corrected chi connectivity index (χ0v) is 13.2. The SMILES string of the molecule is Cc1c2c(c(C)n1-c1ccccc1)C(C)(C)OC2(C)C. The van der Waals surface area contributed by atoms with Gasteiger partial charge in [0.15, 0.2) is 0 Å². The molecule has 0 N–H and O–H groups in total. The van der Waals surface area contributed by atoms with E-state index in [2.05, 4.69) is 76.4 Å². The summed E-state index contributed by atoms with van der Waals surface area (Å²) < 4.78 is 8.64. The largest absolute Gasteiger partial charge is 0.360 e. The molecule has 0 unspecified atom stereocenters. The number of hydrogen-bond donors (Lipinski definition) is 0. The molecule has 0 fully saturated rings. The molecular weight excluding hydrogens is 246 g/mol. The molecule has 106 valence electrons. The summed E-state index contributed by atoms with van der Waals surface area (Å²) >= 11 is 0. The van der Waals surface area contributed by atoms with E-state index in [1.54, 1.807) is 0 Å².